The fourth-order valence-corrected chi connectivity index (χ4v) is 3.25. The van der Waals surface area contributed by atoms with Crippen LogP contribution in [0.25, 0.3) is 0 Å². The molecule has 3 N–H and O–H groups in total. The lowest BCUT2D eigenvalue weighted by Crippen LogP contribution is -2.36. The Hall–Kier alpha value is -2.97. The van der Waals surface area contributed by atoms with Crippen LogP contribution in [0.2, 0.25) is 5.02 Å². The zero-order valence-corrected chi connectivity index (χ0v) is 18.1. The third-order valence-corrected chi connectivity index (χ3v) is 4.99. The Bertz CT molecular complexity index is 1010. The summed E-state index contributed by atoms with van der Waals surface area (Å²) in [6.45, 7) is 4.29. The molecule has 2 aromatic rings. The van der Waals surface area contributed by atoms with Gasteiger partial charge in [-0.1, -0.05) is 17.7 Å². The van der Waals surface area contributed by atoms with Gasteiger partial charge in [0.1, 0.15) is 5.82 Å². The summed E-state index contributed by atoms with van der Waals surface area (Å²) < 4.78 is 19.1. The molecule has 1 atom stereocenters. The second-order valence-corrected chi connectivity index (χ2v) is 7.65. The van der Waals surface area contributed by atoms with Gasteiger partial charge in [0.2, 0.25) is 11.9 Å². The highest BCUT2D eigenvalue weighted by atomic mass is 35.5. The second kappa shape index (κ2) is 10.4. The fraction of sp³-hybridized carbons (Fsp3) is 0.318. The van der Waals surface area contributed by atoms with Crippen LogP contribution in [-0.2, 0) is 9.53 Å². The van der Waals surface area contributed by atoms with Crippen molar-refractivity contribution in [1.29, 1.82) is 0 Å². The van der Waals surface area contributed by atoms with Crippen molar-refractivity contribution in [2.75, 3.05) is 23.8 Å². The van der Waals surface area contributed by atoms with E-state index in [0.29, 0.717) is 30.1 Å². The third-order valence-electron chi connectivity index (χ3n) is 4.70. The van der Waals surface area contributed by atoms with Gasteiger partial charge in [-0.2, -0.15) is 0 Å². The van der Waals surface area contributed by atoms with Crippen LogP contribution >= 0.6 is 11.6 Å². The molecule has 0 aliphatic carbocycles. The van der Waals surface area contributed by atoms with E-state index in [1.54, 1.807) is 18.2 Å². The van der Waals surface area contributed by atoms with Crippen LogP contribution in [0.1, 0.15) is 35.7 Å². The molecule has 2 amide bonds. The molecule has 0 saturated carbocycles. The molecular formula is C22H24ClFN4O3. The predicted molar refractivity (Wildman–Crippen MR) is 119 cm³/mol. The number of aliphatic imine (C=N–C) groups is 1. The highest BCUT2D eigenvalue weighted by Crippen LogP contribution is 2.20. The standard InChI is InChI=1S/C22H24ClFN4O3/c1-13-5-6-15(10-20(13)26-14(2)29)21(30)28-22(25-12-17-4-3-9-31-17)27-16-7-8-19(24)18(23)11-16/h5-8,10-11,17H,3-4,9,12H2,1-2H3,(H,26,29)(H2,25,27,28,30)/t17-/m0/s1. The fourth-order valence-electron chi connectivity index (χ4n) is 3.07. The van der Waals surface area contributed by atoms with E-state index in [2.05, 4.69) is 20.9 Å². The highest BCUT2D eigenvalue weighted by Gasteiger charge is 2.17. The van der Waals surface area contributed by atoms with Gasteiger partial charge in [0.15, 0.2) is 0 Å². The first-order valence-electron chi connectivity index (χ1n) is 9.89. The Labute approximate surface area is 185 Å². The number of carbonyl (C=O) groups is 2. The second-order valence-electron chi connectivity index (χ2n) is 7.24. The van der Waals surface area contributed by atoms with Crippen molar-refractivity contribution in [3.63, 3.8) is 0 Å². The van der Waals surface area contributed by atoms with Crippen molar-refractivity contribution in [3.05, 3.63) is 58.4 Å². The van der Waals surface area contributed by atoms with Crippen LogP contribution in [0.15, 0.2) is 41.4 Å². The molecule has 0 bridgehead atoms. The first-order valence-corrected chi connectivity index (χ1v) is 10.3. The molecule has 1 aliphatic rings. The third kappa shape index (κ3) is 6.50. The molecule has 0 unspecified atom stereocenters. The number of nitrogens with one attached hydrogen (secondary N) is 3. The lowest BCUT2D eigenvalue weighted by atomic mass is 10.1. The van der Waals surface area contributed by atoms with Crippen molar-refractivity contribution in [2.45, 2.75) is 32.8 Å². The van der Waals surface area contributed by atoms with Crippen molar-refractivity contribution in [1.82, 2.24) is 5.32 Å². The Balaban J connectivity index is 1.79. The maximum Gasteiger partial charge on any atom is 0.258 e. The summed E-state index contributed by atoms with van der Waals surface area (Å²) in [4.78, 5) is 28.7. The number of hydrogen-bond donors (Lipinski definition) is 3. The van der Waals surface area contributed by atoms with Gasteiger partial charge in [0.25, 0.3) is 5.91 Å². The highest BCUT2D eigenvalue weighted by molar-refractivity contribution is 6.31. The van der Waals surface area contributed by atoms with E-state index < -0.39 is 11.7 Å². The molecule has 1 fully saturated rings. The Morgan fingerprint density at radius 3 is 2.71 bits per heavy atom. The SMILES string of the molecule is CC(=O)Nc1cc(C(=O)NC(=NC[C@@H]2CCCO2)Nc2ccc(F)c(Cl)c2)ccc1C. The average molecular weight is 447 g/mol. The van der Waals surface area contributed by atoms with Gasteiger partial charge in [-0.05, 0) is 55.7 Å². The molecule has 164 valence electrons. The Morgan fingerprint density at radius 1 is 1.23 bits per heavy atom. The number of guanidine groups is 1. The van der Waals surface area contributed by atoms with E-state index in [0.717, 1.165) is 18.4 Å². The number of aryl methyl sites for hydroxylation is 1. The van der Waals surface area contributed by atoms with E-state index >= 15 is 0 Å². The van der Waals surface area contributed by atoms with Crippen molar-refractivity contribution < 1.29 is 18.7 Å². The lowest BCUT2D eigenvalue weighted by Gasteiger charge is -2.14. The number of amides is 2. The Kier molecular flexibility index (Phi) is 7.59. The van der Waals surface area contributed by atoms with E-state index in [-0.39, 0.29) is 23.0 Å². The number of hydrogen-bond acceptors (Lipinski definition) is 4. The summed E-state index contributed by atoms with van der Waals surface area (Å²) in [7, 11) is 0. The summed E-state index contributed by atoms with van der Waals surface area (Å²) in [5.74, 6) is -1.00. The number of ether oxygens (including phenoxy) is 1. The monoisotopic (exact) mass is 446 g/mol. The summed E-state index contributed by atoms with van der Waals surface area (Å²) in [6.07, 6.45) is 1.85. The predicted octanol–water partition coefficient (Wildman–Crippen LogP) is 4.12. The molecule has 1 heterocycles. The van der Waals surface area contributed by atoms with Gasteiger partial charge in [-0.25, -0.2) is 9.38 Å². The zero-order valence-electron chi connectivity index (χ0n) is 17.3. The molecule has 0 aromatic heterocycles. The average Bonchev–Trinajstić information content (AvgIpc) is 3.24. The molecule has 31 heavy (non-hydrogen) atoms. The summed E-state index contributed by atoms with van der Waals surface area (Å²) in [5.41, 5.74) is 2.20. The maximum atomic E-state index is 13.5. The van der Waals surface area contributed by atoms with Crippen LogP contribution in [0.4, 0.5) is 15.8 Å². The van der Waals surface area contributed by atoms with E-state index in [1.807, 2.05) is 6.92 Å². The number of anilines is 2. The number of halogens is 2. The van der Waals surface area contributed by atoms with Crippen LogP contribution in [0.5, 0.6) is 0 Å². The van der Waals surface area contributed by atoms with Gasteiger partial charge in [-0.3, -0.25) is 14.9 Å². The number of carbonyl (C=O) groups excluding carboxylic acids is 2. The number of benzene rings is 2. The van der Waals surface area contributed by atoms with Crippen molar-refractivity contribution in [3.8, 4) is 0 Å². The molecule has 9 heteroatoms. The van der Waals surface area contributed by atoms with Crippen LogP contribution in [0, 0.1) is 12.7 Å². The molecule has 0 radical (unpaired) electrons. The van der Waals surface area contributed by atoms with Crippen molar-refractivity contribution in [2.24, 2.45) is 4.99 Å². The van der Waals surface area contributed by atoms with E-state index in [4.69, 9.17) is 16.3 Å². The first-order chi connectivity index (χ1) is 14.8. The van der Waals surface area contributed by atoms with Gasteiger partial charge < -0.3 is 15.4 Å². The molecule has 1 aliphatic heterocycles. The van der Waals surface area contributed by atoms with Crippen LogP contribution < -0.4 is 16.0 Å². The summed E-state index contributed by atoms with van der Waals surface area (Å²) >= 11 is 5.86. The molecule has 1 saturated heterocycles. The molecule has 3 rings (SSSR count). The summed E-state index contributed by atoms with van der Waals surface area (Å²) in [6, 6.07) is 9.13. The van der Waals surface area contributed by atoms with Gasteiger partial charge in [-0.15, -0.1) is 0 Å². The number of rotatable bonds is 5. The quantitative estimate of drug-likeness (QED) is 0.476. The van der Waals surface area contributed by atoms with Gasteiger partial charge in [0, 0.05) is 30.5 Å². The lowest BCUT2D eigenvalue weighted by molar-refractivity contribution is -0.114. The molecule has 2 aromatic carbocycles. The van der Waals surface area contributed by atoms with Crippen LogP contribution in [-0.4, -0.2) is 37.0 Å². The summed E-state index contributed by atoms with van der Waals surface area (Å²) in [5, 5.41) is 8.36. The van der Waals surface area contributed by atoms with Crippen LogP contribution in [0.3, 0.4) is 0 Å². The van der Waals surface area contributed by atoms with Crippen molar-refractivity contribution >= 4 is 40.7 Å². The smallest absolute Gasteiger partial charge is 0.258 e. The largest absolute Gasteiger partial charge is 0.376 e. The normalized spacial score (nSPS) is 16.1. The molecule has 0 spiro atoms. The zero-order chi connectivity index (χ0) is 22.4. The minimum absolute atomic E-state index is 0.0174. The maximum absolute atomic E-state index is 13.5. The first kappa shape index (κ1) is 22.7. The molecular weight excluding hydrogens is 423 g/mol. The minimum atomic E-state index is -0.542. The minimum Gasteiger partial charge on any atom is -0.376 e. The van der Waals surface area contributed by atoms with E-state index in [1.165, 1.54) is 25.1 Å². The Morgan fingerprint density at radius 2 is 2.03 bits per heavy atom. The van der Waals surface area contributed by atoms with Gasteiger partial charge >= 0.3 is 0 Å². The topological polar surface area (TPSA) is 91.8 Å². The van der Waals surface area contributed by atoms with E-state index in [9.17, 15) is 14.0 Å². The molecule has 7 nitrogen and oxygen atoms in total. The number of nitrogens with zero attached hydrogens (tertiary/aromatic N) is 1. The van der Waals surface area contributed by atoms with Gasteiger partial charge in [0.05, 0.1) is 17.7 Å².